The van der Waals surface area contributed by atoms with Crippen molar-refractivity contribution in [1.29, 1.82) is 0 Å². The molecule has 7 nitrogen and oxygen atoms in total. The Labute approximate surface area is 227 Å². The van der Waals surface area contributed by atoms with E-state index >= 15 is 0 Å². The van der Waals surface area contributed by atoms with Crippen LogP contribution in [0.15, 0.2) is 40.3 Å². The predicted octanol–water partition coefficient (Wildman–Crippen LogP) is 6.63. The van der Waals surface area contributed by atoms with Gasteiger partial charge in [0.15, 0.2) is 11.1 Å². The first-order chi connectivity index (χ1) is 16.3. The second-order valence-corrected chi connectivity index (χ2v) is 11.4. The highest BCUT2D eigenvalue weighted by Gasteiger charge is 2.40. The van der Waals surface area contributed by atoms with Gasteiger partial charge in [-0.05, 0) is 30.3 Å². The van der Waals surface area contributed by atoms with E-state index in [9.17, 15) is 14.4 Å². The molecule has 12 heteroatoms. The van der Waals surface area contributed by atoms with E-state index in [4.69, 9.17) is 46.4 Å². The summed E-state index contributed by atoms with van der Waals surface area (Å²) in [6.07, 6.45) is 0.181. The Hall–Kier alpha value is -1.97. The average molecular weight is 576 g/mol. The standard InChI is InChI=1S/C23H22Cl4N4O3S/c1-5-17(32)29-20-19(21(33)31(30-20)18-13(26)8-12(25)9-14(18)27)35-16-7-6-11(24)10-15(16)28-22(34)23(2,3)4/h6-10,19H,5H2,1-4H3,(H,28,34)(H,29,30,32). The summed E-state index contributed by atoms with van der Waals surface area (Å²) in [7, 11) is 0. The van der Waals surface area contributed by atoms with Crippen LogP contribution >= 0.6 is 58.2 Å². The number of benzene rings is 2. The zero-order valence-electron chi connectivity index (χ0n) is 19.2. The summed E-state index contributed by atoms with van der Waals surface area (Å²) in [5.74, 6) is -0.934. The average Bonchev–Trinajstić information content (AvgIpc) is 3.03. The molecule has 0 saturated carbocycles. The lowest BCUT2D eigenvalue weighted by atomic mass is 9.95. The summed E-state index contributed by atoms with van der Waals surface area (Å²) in [6.45, 7) is 7.02. The second kappa shape index (κ2) is 11.0. The summed E-state index contributed by atoms with van der Waals surface area (Å²) in [4.78, 5) is 38.9. The van der Waals surface area contributed by atoms with Crippen LogP contribution in [0.25, 0.3) is 0 Å². The molecule has 35 heavy (non-hydrogen) atoms. The molecule has 2 N–H and O–H groups in total. The van der Waals surface area contributed by atoms with E-state index in [1.807, 2.05) is 0 Å². The number of nitrogens with one attached hydrogen (secondary N) is 2. The summed E-state index contributed by atoms with van der Waals surface area (Å²) in [5, 5.41) is 10.9. The number of amides is 3. The molecule has 0 fully saturated rings. The molecule has 3 amide bonds. The number of hydrogen-bond donors (Lipinski definition) is 2. The van der Waals surface area contributed by atoms with Crippen molar-refractivity contribution in [3.05, 3.63) is 50.4 Å². The third-order valence-electron chi connectivity index (χ3n) is 4.79. The van der Waals surface area contributed by atoms with Crippen LogP contribution in [-0.2, 0) is 14.4 Å². The number of carbonyl (C=O) groups excluding carboxylic acids is 3. The van der Waals surface area contributed by atoms with Crippen molar-refractivity contribution < 1.29 is 14.4 Å². The van der Waals surface area contributed by atoms with Gasteiger partial charge in [0.1, 0.15) is 5.69 Å². The number of halogens is 4. The number of rotatable bonds is 5. The molecular formula is C23H22Cl4N4O3S. The summed E-state index contributed by atoms with van der Waals surface area (Å²) in [5.41, 5.74) is -0.0857. The lowest BCUT2D eigenvalue weighted by Crippen LogP contribution is -2.38. The van der Waals surface area contributed by atoms with Gasteiger partial charge < -0.3 is 10.6 Å². The highest BCUT2D eigenvalue weighted by molar-refractivity contribution is 8.01. The van der Waals surface area contributed by atoms with Crippen LogP contribution in [0.4, 0.5) is 11.4 Å². The lowest BCUT2D eigenvalue weighted by Gasteiger charge is -2.21. The van der Waals surface area contributed by atoms with E-state index in [1.165, 1.54) is 12.1 Å². The first kappa shape index (κ1) is 27.6. The Kier molecular flexibility index (Phi) is 8.65. The van der Waals surface area contributed by atoms with Crippen molar-refractivity contribution >= 4 is 93.1 Å². The maximum Gasteiger partial charge on any atom is 0.268 e. The lowest BCUT2D eigenvalue weighted by molar-refractivity contribution is -0.123. The van der Waals surface area contributed by atoms with E-state index in [1.54, 1.807) is 45.9 Å². The fourth-order valence-electron chi connectivity index (χ4n) is 2.90. The van der Waals surface area contributed by atoms with E-state index in [-0.39, 0.29) is 39.8 Å². The molecule has 0 aliphatic carbocycles. The van der Waals surface area contributed by atoms with Gasteiger partial charge in [0, 0.05) is 26.8 Å². The van der Waals surface area contributed by atoms with E-state index < -0.39 is 16.6 Å². The maximum absolute atomic E-state index is 13.5. The molecule has 186 valence electrons. The Morgan fingerprint density at radius 3 is 2.23 bits per heavy atom. The van der Waals surface area contributed by atoms with Crippen LogP contribution in [-0.4, -0.2) is 28.8 Å². The SMILES string of the molecule is CCC(=O)NC1=NN(c2c(Cl)cc(Cl)cc2Cl)C(=O)C1Sc1ccc(Cl)cc1NC(=O)C(C)(C)C. The number of hydrazone groups is 1. The molecule has 2 aromatic carbocycles. The van der Waals surface area contributed by atoms with E-state index in [2.05, 4.69) is 15.7 Å². The first-order valence-electron chi connectivity index (χ1n) is 10.5. The molecule has 0 radical (unpaired) electrons. The fraction of sp³-hybridized carbons (Fsp3) is 0.304. The van der Waals surface area contributed by atoms with Gasteiger partial charge in [-0.25, -0.2) is 0 Å². The van der Waals surface area contributed by atoms with Crippen molar-refractivity contribution in [2.75, 3.05) is 10.3 Å². The Morgan fingerprint density at radius 2 is 1.66 bits per heavy atom. The van der Waals surface area contributed by atoms with Crippen molar-refractivity contribution in [3.63, 3.8) is 0 Å². The molecule has 0 saturated heterocycles. The zero-order chi connectivity index (χ0) is 26.1. The predicted molar refractivity (Wildman–Crippen MR) is 144 cm³/mol. The minimum atomic E-state index is -0.959. The van der Waals surface area contributed by atoms with Gasteiger partial charge in [0.2, 0.25) is 11.8 Å². The van der Waals surface area contributed by atoms with Crippen molar-refractivity contribution in [2.24, 2.45) is 10.5 Å². The van der Waals surface area contributed by atoms with E-state index in [0.29, 0.717) is 20.6 Å². The fourth-order valence-corrected chi connectivity index (χ4v) is 5.11. The van der Waals surface area contributed by atoms with Gasteiger partial charge in [-0.2, -0.15) is 5.01 Å². The van der Waals surface area contributed by atoms with Crippen molar-refractivity contribution in [2.45, 2.75) is 44.3 Å². The molecular weight excluding hydrogens is 554 g/mol. The third kappa shape index (κ3) is 6.43. The Balaban J connectivity index is 2.01. The molecule has 0 aromatic heterocycles. The normalized spacial score (nSPS) is 15.8. The molecule has 2 aromatic rings. The molecule has 0 bridgehead atoms. The molecule has 1 atom stereocenters. The molecule has 3 rings (SSSR count). The molecule has 1 aliphatic heterocycles. The van der Waals surface area contributed by atoms with Crippen LogP contribution < -0.4 is 15.6 Å². The monoisotopic (exact) mass is 574 g/mol. The second-order valence-electron chi connectivity index (χ2n) is 8.60. The topological polar surface area (TPSA) is 90.9 Å². The van der Waals surface area contributed by atoms with Crippen LogP contribution in [0.3, 0.4) is 0 Å². The van der Waals surface area contributed by atoms with Crippen molar-refractivity contribution in [3.8, 4) is 0 Å². The maximum atomic E-state index is 13.5. The molecule has 1 unspecified atom stereocenters. The van der Waals surface area contributed by atoms with Crippen LogP contribution in [0.5, 0.6) is 0 Å². The number of nitrogens with zero attached hydrogens (tertiary/aromatic N) is 2. The Morgan fingerprint density at radius 1 is 1.03 bits per heavy atom. The highest BCUT2D eigenvalue weighted by atomic mass is 35.5. The van der Waals surface area contributed by atoms with Gasteiger partial charge in [0.25, 0.3) is 5.91 Å². The largest absolute Gasteiger partial charge is 0.325 e. The number of thioether (sulfide) groups is 1. The summed E-state index contributed by atoms with van der Waals surface area (Å²) in [6, 6.07) is 7.80. The Bertz CT molecular complexity index is 1210. The number of anilines is 2. The molecule has 1 aliphatic rings. The number of carbonyl (C=O) groups is 3. The summed E-state index contributed by atoms with van der Waals surface area (Å²) >= 11 is 25.9. The minimum Gasteiger partial charge on any atom is -0.325 e. The van der Waals surface area contributed by atoms with Crippen LogP contribution in [0.1, 0.15) is 34.1 Å². The van der Waals surface area contributed by atoms with Crippen LogP contribution in [0.2, 0.25) is 20.1 Å². The number of hydrogen-bond acceptors (Lipinski definition) is 5. The summed E-state index contributed by atoms with van der Waals surface area (Å²) < 4.78 is 0. The quantitative estimate of drug-likeness (QED) is 0.418. The van der Waals surface area contributed by atoms with Gasteiger partial charge in [-0.1, -0.05) is 74.1 Å². The first-order valence-corrected chi connectivity index (χ1v) is 12.9. The number of amidine groups is 1. The van der Waals surface area contributed by atoms with Gasteiger partial charge in [-0.15, -0.1) is 16.9 Å². The van der Waals surface area contributed by atoms with Crippen LogP contribution in [0, 0.1) is 5.41 Å². The molecule has 1 heterocycles. The van der Waals surface area contributed by atoms with E-state index in [0.717, 1.165) is 16.8 Å². The van der Waals surface area contributed by atoms with Gasteiger partial charge >= 0.3 is 0 Å². The highest BCUT2D eigenvalue weighted by Crippen LogP contribution is 2.42. The van der Waals surface area contributed by atoms with Crippen molar-refractivity contribution in [1.82, 2.24) is 5.32 Å². The molecule has 0 spiro atoms. The minimum absolute atomic E-state index is 0.108. The third-order valence-corrected chi connectivity index (χ3v) is 7.09. The van der Waals surface area contributed by atoms with Gasteiger partial charge in [-0.3, -0.25) is 14.4 Å². The van der Waals surface area contributed by atoms with Gasteiger partial charge in [0.05, 0.1) is 15.7 Å². The zero-order valence-corrected chi connectivity index (χ0v) is 23.1. The smallest absolute Gasteiger partial charge is 0.268 e.